The number of anilines is 1. The van der Waals surface area contributed by atoms with E-state index >= 15 is 0 Å². The maximum atomic E-state index is 5.44. The van der Waals surface area contributed by atoms with Gasteiger partial charge in [-0.2, -0.15) is 0 Å². The molecule has 3 heteroatoms. The summed E-state index contributed by atoms with van der Waals surface area (Å²) in [7, 11) is 0. The van der Waals surface area contributed by atoms with Gasteiger partial charge in [-0.05, 0) is 59.7 Å². The fraction of sp³-hybridized carbons (Fsp3) is 0.538. The summed E-state index contributed by atoms with van der Waals surface area (Å²) in [6.45, 7) is 4.36. The highest BCUT2D eigenvalue weighted by Crippen LogP contribution is 2.41. The Kier molecular flexibility index (Phi) is 2.83. The highest BCUT2D eigenvalue weighted by atomic mass is 127. The van der Waals surface area contributed by atoms with E-state index in [9.17, 15) is 0 Å². The lowest BCUT2D eigenvalue weighted by molar-refractivity contribution is -0.000191. The predicted molar refractivity (Wildman–Crippen MR) is 73.9 cm³/mol. The van der Waals surface area contributed by atoms with Crippen LogP contribution in [-0.2, 0) is 4.74 Å². The molecule has 0 N–H and O–H groups in total. The minimum Gasteiger partial charge on any atom is -0.381 e. The van der Waals surface area contributed by atoms with Crippen molar-refractivity contribution in [3.05, 3.63) is 27.8 Å². The Balaban J connectivity index is 1.66. The molecule has 86 valence electrons. The van der Waals surface area contributed by atoms with E-state index in [0.29, 0.717) is 5.41 Å². The zero-order valence-corrected chi connectivity index (χ0v) is 11.4. The van der Waals surface area contributed by atoms with Gasteiger partial charge < -0.3 is 9.64 Å². The zero-order chi connectivity index (χ0) is 11.0. The van der Waals surface area contributed by atoms with E-state index in [-0.39, 0.29) is 0 Å². The van der Waals surface area contributed by atoms with Crippen molar-refractivity contribution < 1.29 is 4.74 Å². The van der Waals surface area contributed by atoms with Crippen molar-refractivity contribution in [3.8, 4) is 0 Å². The first-order chi connectivity index (χ1) is 7.77. The summed E-state index contributed by atoms with van der Waals surface area (Å²) in [6.07, 6.45) is 2.49. The van der Waals surface area contributed by atoms with Crippen molar-refractivity contribution in [1.29, 1.82) is 0 Å². The molecule has 1 aromatic rings. The average molecular weight is 329 g/mol. The first kappa shape index (κ1) is 10.8. The van der Waals surface area contributed by atoms with Crippen LogP contribution in [0.1, 0.15) is 12.8 Å². The molecule has 0 amide bonds. The molecule has 0 unspecified atom stereocenters. The van der Waals surface area contributed by atoms with Crippen molar-refractivity contribution in [3.63, 3.8) is 0 Å². The Bertz CT molecular complexity index is 362. The minimum atomic E-state index is 0.571. The third-order valence-electron chi connectivity index (χ3n) is 3.80. The molecule has 0 bridgehead atoms. The van der Waals surface area contributed by atoms with Gasteiger partial charge in [0.2, 0.25) is 0 Å². The van der Waals surface area contributed by atoms with Crippen LogP contribution in [0.15, 0.2) is 24.3 Å². The Hall–Kier alpha value is -0.290. The monoisotopic (exact) mass is 329 g/mol. The van der Waals surface area contributed by atoms with Crippen LogP contribution in [0.2, 0.25) is 0 Å². The number of nitrogens with zero attached hydrogens (tertiary/aromatic N) is 1. The van der Waals surface area contributed by atoms with Crippen LogP contribution in [0.3, 0.4) is 0 Å². The molecule has 2 aliphatic heterocycles. The van der Waals surface area contributed by atoms with Gasteiger partial charge in [-0.1, -0.05) is 0 Å². The molecular weight excluding hydrogens is 313 g/mol. The molecular formula is C13H16INO. The largest absolute Gasteiger partial charge is 0.381 e. The summed E-state index contributed by atoms with van der Waals surface area (Å²) < 4.78 is 6.75. The summed E-state index contributed by atoms with van der Waals surface area (Å²) >= 11 is 2.35. The second-order valence-electron chi connectivity index (χ2n) is 4.94. The predicted octanol–water partition coefficient (Wildman–Crippen LogP) is 2.91. The highest BCUT2D eigenvalue weighted by molar-refractivity contribution is 14.1. The van der Waals surface area contributed by atoms with Crippen LogP contribution in [0.25, 0.3) is 0 Å². The lowest BCUT2D eigenvalue weighted by Crippen LogP contribution is -2.58. The van der Waals surface area contributed by atoms with Crippen LogP contribution in [-0.4, -0.2) is 26.3 Å². The van der Waals surface area contributed by atoms with Crippen molar-refractivity contribution in [2.45, 2.75) is 12.8 Å². The Labute approximate surface area is 110 Å². The molecule has 0 saturated carbocycles. The van der Waals surface area contributed by atoms with Crippen molar-refractivity contribution in [2.75, 3.05) is 31.2 Å². The van der Waals surface area contributed by atoms with E-state index < -0.39 is 0 Å². The van der Waals surface area contributed by atoms with Gasteiger partial charge in [0.1, 0.15) is 0 Å². The standard InChI is InChI=1S/C13H16INO/c14-11-1-3-12(4-2-11)15-9-13(10-15)5-7-16-8-6-13/h1-4H,5-10H2. The molecule has 2 aliphatic rings. The molecule has 1 spiro atoms. The normalized spacial score (nSPS) is 23.2. The smallest absolute Gasteiger partial charge is 0.0472 e. The second kappa shape index (κ2) is 4.18. The van der Waals surface area contributed by atoms with E-state index in [1.807, 2.05) is 0 Å². The zero-order valence-electron chi connectivity index (χ0n) is 9.29. The van der Waals surface area contributed by atoms with E-state index in [0.717, 1.165) is 13.2 Å². The number of hydrogen-bond acceptors (Lipinski definition) is 2. The van der Waals surface area contributed by atoms with Crippen molar-refractivity contribution in [2.24, 2.45) is 5.41 Å². The molecule has 2 nitrogen and oxygen atoms in total. The average Bonchev–Trinajstić information content (AvgIpc) is 2.28. The lowest BCUT2D eigenvalue weighted by Gasteiger charge is -2.53. The Morgan fingerprint density at radius 1 is 1.06 bits per heavy atom. The summed E-state index contributed by atoms with van der Waals surface area (Å²) in [4.78, 5) is 2.49. The van der Waals surface area contributed by atoms with Gasteiger partial charge in [0, 0.05) is 41.0 Å². The van der Waals surface area contributed by atoms with Gasteiger partial charge in [-0.3, -0.25) is 0 Å². The first-order valence-electron chi connectivity index (χ1n) is 5.86. The molecule has 2 heterocycles. The molecule has 0 aliphatic carbocycles. The van der Waals surface area contributed by atoms with E-state index in [1.165, 1.54) is 35.2 Å². The first-order valence-corrected chi connectivity index (χ1v) is 6.94. The van der Waals surface area contributed by atoms with Crippen LogP contribution in [0.5, 0.6) is 0 Å². The van der Waals surface area contributed by atoms with Crippen LogP contribution in [0.4, 0.5) is 5.69 Å². The Morgan fingerprint density at radius 3 is 2.31 bits per heavy atom. The fourth-order valence-corrected chi connectivity index (χ4v) is 3.08. The quantitative estimate of drug-likeness (QED) is 0.735. The van der Waals surface area contributed by atoms with Gasteiger partial charge in [-0.15, -0.1) is 0 Å². The topological polar surface area (TPSA) is 12.5 Å². The molecule has 3 rings (SSSR count). The molecule has 1 aromatic carbocycles. The molecule has 2 saturated heterocycles. The number of rotatable bonds is 1. The Morgan fingerprint density at radius 2 is 1.69 bits per heavy atom. The third-order valence-corrected chi connectivity index (χ3v) is 4.52. The van der Waals surface area contributed by atoms with Gasteiger partial charge in [0.15, 0.2) is 0 Å². The minimum absolute atomic E-state index is 0.571. The van der Waals surface area contributed by atoms with Crippen LogP contribution in [0, 0.1) is 8.99 Å². The summed E-state index contributed by atoms with van der Waals surface area (Å²) in [5, 5.41) is 0. The SMILES string of the molecule is Ic1ccc(N2CC3(CCOCC3)C2)cc1. The summed E-state index contributed by atoms with van der Waals surface area (Å²) in [5.41, 5.74) is 1.94. The third kappa shape index (κ3) is 1.95. The highest BCUT2D eigenvalue weighted by Gasteiger charge is 2.43. The number of halogens is 1. The van der Waals surface area contributed by atoms with Crippen molar-refractivity contribution >= 4 is 28.3 Å². The molecule has 0 aromatic heterocycles. The van der Waals surface area contributed by atoms with Gasteiger partial charge >= 0.3 is 0 Å². The fourth-order valence-electron chi connectivity index (χ4n) is 2.72. The van der Waals surface area contributed by atoms with Crippen LogP contribution < -0.4 is 4.90 Å². The number of benzene rings is 1. The van der Waals surface area contributed by atoms with Gasteiger partial charge in [0.05, 0.1) is 0 Å². The van der Waals surface area contributed by atoms with Crippen LogP contribution >= 0.6 is 22.6 Å². The summed E-state index contributed by atoms with van der Waals surface area (Å²) in [5.74, 6) is 0. The second-order valence-corrected chi connectivity index (χ2v) is 6.19. The van der Waals surface area contributed by atoms with E-state index in [1.54, 1.807) is 0 Å². The maximum Gasteiger partial charge on any atom is 0.0472 e. The van der Waals surface area contributed by atoms with Gasteiger partial charge in [0.25, 0.3) is 0 Å². The maximum absolute atomic E-state index is 5.44. The molecule has 16 heavy (non-hydrogen) atoms. The number of ether oxygens (including phenoxy) is 1. The molecule has 0 radical (unpaired) electrons. The molecule has 2 fully saturated rings. The molecule has 0 atom stereocenters. The van der Waals surface area contributed by atoms with E-state index in [2.05, 4.69) is 51.8 Å². The van der Waals surface area contributed by atoms with E-state index in [4.69, 9.17) is 4.74 Å². The lowest BCUT2D eigenvalue weighted by atomic mass is 9.73. The summed E-state index contributed by atoms with van der Waals surface area (Å²) in [6, 6.07) is 8.83. The van der Waals surface area contributed by atoms with Gasteiger partial charge in [-0.25, -0.2) is 0 Å². The van der Waals surface area contributed by atoms with Crippen molar-refractivity contribution in [1.82, 2.24) is 0 Å². The number of hydrogen-bond donors (Lipinski definition) is 0.